The second-order valence-electron chi connectivity index (χ2n) is 6.30. The molecule has 1 saturated heterocycles. The van der Waals surface area contributed by atoms with Crippen molar-refractivity contribution in [1.29, 1.82) is 0 Å². The van der Waals surface area contributed by atoms with Gasteiger partial charge < -0.3 is 10.6 Å². The van der Waals surface area contributed by atoms with Crippen LogP contribution in [0.1, 0.15) is 33.1 Å². The van der Waals surface area contributed by atoms with Crippen LogP contribution in [-0.2, 0) is 0 Å². The van der Waals surface area contributed by atoms with Gasteiger partial charge in [-0.1, -0.05) is 13.8 Å². The number of nitrogens with zero attached hydrogens (tertiary/aromatic N) is 2. The summed E-state index contributed by atoms with van der Waals surface area (Å²) in [5, 5.41) is 0. The highest BCUT2D eigenvalue weighted by Gasteiger charge is 2.31. The first kappa shape index (κ1) is 13.3. The molecule has 1 aliphatic heterocycles. The van der Waals surface area contributed by atoms with E-state index in [4.69, 9.17) is 5.73 Å². The van der Waals surface area contributed by atoms with Crippen LogP contribution in [0.3, 0.4) is 0 Å². The molecule has 100 valence electrons. The molecule has 3 nitrogen and oxygen atoms in total. The summed E-state index contributed by atoms with van der Waals surface area (Å²) in [6.45, 7) is 11.7. The largest absolute Gasteiger partial charge is 0.330 e. The molecule has 2 N–H and O–H groups in total. The lowest BCUT2D eigenvalue weighted by Crippen LogP contribution is -2.49. The van der Waals surface area contributed by atoms with E-state index in [1.54, 1.807) is 0 Å². The van der Waals surface area contributed by atoms with Gasteiger partial charge in [0.2, 0.25) is 0 Å². The van der Waals surface area contributed by atoms with Gasteiger partial charge in [0.25, 0.3) is 0 Å². The molecule has 1 heterocycles. The van der Waals surface area contributed by atoms with Crippen LogP contribution in [-0.4, -0.2) is 55.1 Å². The molecule has 0 bridgehead atoms. The van der Waals surface area contributed by atoms with Gasteiger partial charge in [-0.2, -0.15) is 0 Å². The molecule has 0 aromatic carbocycles. The Morgan fingerprint density at radius 2 is 1.76 bits per heavy atom. The number of rotatable bonds is 6. The summed E-state index contributed by atoms with van der Waals surface area (Å²) in [7, 11) is 0. The van der Waals surface area contributed by atoms with E-state index in [-0.39, 0.29) is 0 Å². The van der Waals surface area contributed by atoms with Gasteiger partial charge in [-0.25, -0.2) is 0 Å². The molecule has 2 aliphatic rings. The van der Waals surface area contributed by atoms with E-state index >= 15 is 0 Å². The van der Waals surface area contributed by atoms with Crippen molar-refractivity contribution >= 4 is 0 Å². The summed E-state index contributed by atoms with van der Waals surface area (Å²) in [5.74, 6) is 1.47. The quantitative estimate of drug-likeness (QED) is 0.760. The maximum Gasteiger partial charge on any atom is 0.0113 e. The summed E-state index contributed by atoms with van der Waals surface area (Å²) in [5.41, 5.74) is 5.89. The Hall–Kier alpha value is -0.120. The van der Waals surface area contributed by atoms with E-state index in [1.165, 1.54) is 52.0 Å². The monoisotopic (exact) mass is 239 g/mol. The summed E-state index contributed by atoms with van der Waals surface area (Å²) in [6.07, 6.45) is 4.16. The minimum Gasteiger partial charge on any atom is -0.330 e. The maximum absolute atomic E-state index is 5.89. The highest BCUT2D eigenvalue weighted by molar-refractivity contribution is 4.87. The van der Waals surface area contributed by atoms with Crippen molar-refractivity contribution in [2.45, 2.75) is 39.2 Å². The molecule has 0 aromatic rings. The topological polar surface area (TPSA) is 32.5 Å². The molecular formula is C14H29N3. The lowest BCUT2D eigenvalue weighted by atomic mass is 9.96. The number of hydrogen-bond acceptors (Lipinski definition) is 3. The van der Waals surface area contributed by atoms with Crippen molar-refractivity contribution < 1.29 is 0 Å². The average Bonchev–Trinajstić information content (AvgIpc) is 3.12. The summed E-state index contributed by atoms with van der Waals surface area (Å²) >= 11 is 0. The number of nitrogens with two attached hydrogens (primary N) is 1. The van der Waals surface area contributed by atoms with Gasteiger partial charge in [0.15, 0.2) is 0 Å². The average molecular weight is 239 g/mol. The molecule has 1 saturated carbocycles. The van der Waals surface area contributed by atoms with Crippen LogP contribution in [0, 0.1) is 11.8 Å². The van der Waals surface area contributed by atoms with Gasteiger partial charge >= 0.3 is 0 Å². The van der Waals surface area contributed by atoms with Gasteiger partial charge in [0, 0.05) is 38.8 Å². The summed E-state index contributed by atoms with van der Waals surface area (Å²) in [4.78, 5) is 5.30. The first-order chi connectivity index (χ1) is 8.19. The lowest BCUT2D eigenvalue weighted by molar-refractivity contribution is 0.110. The van der Waals surface area contributed by atoms with Crippen LogP contribution in [0.25, 0.3) is 0 Å². The fourth-order valence-corrected chi connectivity index (χ4v) is 3.03. The van der Waals surface area contributed by atoms with Crippen molar-refractivity contribution in [3.05, 3.63) is 0 Å². The molecule has 3 heteroatoms. The maximum atomic E-state index is 5.89. The first-order valence-corrected chi connectivity index (χ1v) is 7.35. The van der Waals surface area contributed by atoms with Crippen LogP contribution >= 0.6 is 0 Å². The fourth-order valence-electron chi connectivity index (χ4n) is 3.03. The van der Waals surface area contributed by atoms with Crippen LogP contribution in [0.2, 0.25) is 0 Å². The number of hydrogen-bond donors (Lipinski definition) is 1. The standard InChI is InChI=1S/C14H29N3/c1-12(2)9-13(10-15)11-16-5-7-17(8-6-16)14-3-4-14/h12-14H,3-11,15H2,1-2H3. The summed E-state index contributed by atoms with van der Waals surface area (Å²) in [6, 6.07) is 0.943. The van der Waals surface area contributed by atoms with E-state index in [9.17, 15) is 0 Å². The number of piperazine rings is 1. The first-order valence-electron chi connectivity index (χ1n) is 7.35. The molecule has 0 amide bonds. The van der Waals surface area contributed by atoms with Crippen molar-refractivity contribution in [2.75, 3.05) is 39.3 Å². The molecule has 2 rings (SSSR count). The zero-order valence-corrected chi connectivity index (χ0v) is 11.6. The Bertz CT molecular complexity index is 218. The lowest BCUT2D eigenvalue weighted by Gasteiger charge is -2.36. The van der Waals surface area contributed by atoms with Gasteiger partial charge in [0.05, 0.1) is 0 Å². The van der Waals surface area contributed by atoms with E-state index in [1.807, 2.05) is 0 Å². The molecular weight excluding hydrogens is 210 g/mol. The smallest absolute Gasteiger partial charge is 0.0113 e. The zero-order chi connectivity index (χ0) is 12.3. The summed E-state index contributed by atoms with van der Waals surface area (Å²) < 4.78 is 0. The van der Waals surface area contributed by atoms with Crippen molar-refractivity contribution in [2.24, 2.45) is 17.6 Å². The normalized spacial score (nSPS) is 25.4. The second kappa shape index (κ2) is 6.17. The second-order valence-corrected chi connectivity index (χ2v) is 6.30. The van der Waals surface area contributed by atoms with Gasteiger partial charge in [0.1, 0.15) is 0 Å². The Balaban J connectivity index is 1.68. The minimum atomic E-state index is 0.697. The van der Waals surface area contributed by atoms with Crippen molar-refractivity contribution in [3.63, 3.8) is 0 Å². The molecule has 17 heavy (non-hydrogen) atoms. The van der Waals surface area contributed by atoms with Gasteiger partial charge in [-0.05, 0) is 37.6 Å². The Labute approximate surface area is 106 Å². The van der Waals surface area contributed by atoms with E-state index in [2.05, 4.69) is 23.6 Å². The minimum absolute atomic E-state index is 0.697. The van der Waals surface area contributed by atoms with E-state index in [0.29, 0.717) is 5.92 Å². The SMILES string of the molecule is CC(C)CC(CN)CN1CCN(C2CC2)CC1. The Kier molecular flexibility index (Phi) is 4.83. The molecule has 0 spiro atoms. The van der Waals surface area contributed by atoms with Crippen molar-refractivity contribution in [1.82, 2.24) is 9.80 Å². The van der Waals surface area contributed by atoms with Crippen molar-refractivity contribution in [3.8, 4) is 0 Å². The van der Waals surface area contributed by atoms with Crippen LogP contribution in [0.15, 0.2) is 0 Å². The molecule has 1 atom stereocenters. The van der Waals surface area contributed by atoms with Crippen LogP contribution < -0.4 is 5.73 Å². The Morgan fingerprint density at radius 3 is 2.24 bits per heavy atom. The third-order valence-electron chi connectivity index (χ3n) is 4.12. The van der Waals surface area contributed by atoms with E-state index < -0.39 is 0 Å². The Morgan fingerprint density at radius 1 is 1.12 bits per heavy atom. The predicted molar refractivity (Wildman–Crippen MR) is 73.0 cm³/mol. The molecule has 2 fully saturated rings. The van der Waals surface area contributed by atoms with Gasteiger partial charge in [-0.15, -0.1) is 0 Å². The third-order valence-corrected chi connectivity index (χ3v) is 4.12. The van der Waals surface area contributed by atoms with Gasteiger partial charge in [-0.3, -0.25) is 4.90 Å². The molecule has 1 unspecified atom stereocenters. The third kappa shape index (κ3) is 4.23. The fraction of sp³-hybridized carbons (Fsp3) is 1.00. The highest BCUT2D eigenvalue weighted by atomic mass is 15.3. The van der Waals surface area contributed by atoms with E-state index in [0.717, 1.165) is 18.5 Å². The highest BCUT2D eigenvalue weighted by Crippen LogP contribution is 2.27. The molecule has 0 radical (unpaired) electrons. The predicted octanol–water partition coefficient (Wildman–Crippen LogP) is 1.39. The zero-order valence-electron chi connectivity index (χ0n) is 11.6. The van der Waals surface area contributed by atoms with Crippen LogP contribution in [0.4, 0.5) is 0 Å². The molecule has 1 aliphatic carbocycles. The molecule has 0 aromatic heterocycles. The van der Waals surface area contributed by atoms with Crippen LogP contribution in [0.5, 0.6) is 0 Å².